The molecule has 0 saturated carbocycles. The molecule has 5 heteroatoms. The lowest BCUT2D eigenvalue weighted by Gasteiger charge is -2.27. The van der Waals surface area contributed by atoms with Crippen molar-refractivity contribution >= 4 is 10.9 Å². The maximum Gasteiger partial charge on any atom is 0.165 e. The number of methoxy groups -OCH3 is 2. The van der Waals surface area contributed by atoms with E-state index in [0.29, 0.717) is 0 Å². The minimum absolute atomic E-state index is 0.278. The molecule has 29 heavy (non-hydrogen) atoms. The number of hydrogen-bond donors (Lipinski definition) is 0. The van der Waals surface area contributed by atoms with Crippen LogP contribution in [0.1, 0.15) is 24.0 Å². The average molecular weight is 392 g/mol. The predicted octanol–water partition coefficient (Wildman–Crippen LogP) is 4.43. The average Bonchev–Trinajstić information content (AvgIpc) is 3.27. The third kappa shape index (κ3) is 4.52. The highest BCUT2D eigenvalue weighted by Crippen LogP contribution is 2.32. The smallest absolute Gasteiger partial charge is 0.165 e. The zero-order valence-electron chi connectivity index (χ0n) is 17.1. The maximum atomic E-state index is 5.94. The molecule has 1 aromatic heterocycles. The van der Waals surface area contributed by atoms with Gasteiger partial charge in [-0.25, -0.2) is 0 Å². The highest BCUT2D eigenvalue weighted by atomic mass is 16.5. The first-order chi connectivity index (χ1) is 14.3. The van der Waals surface area contributed by atoms with E-state index in [0.717, 1.165) is 61.7 Å². The van der Waals surface area contributed by atoms with Crippen molar-refractivity contribution in [3.8, 4) is 11.5 Å². The van der Waals surface area contributed by atoms with Crippen molar-refractivity contribution in [2.45, 2.75) is 32.0 Å². The second-order valence-corrected chi connectivity index (χ2v) is 7.44. The van der Waals surface area contributed by atoms with Gasteiger partial charge < -0.3 is 14.2 Å². The number of benzene rings is 2. The van der Waals surface area contributed by atoms with Crippen LogP contribution in [0.5, 0.6) is 11.5 Å². The van der Waals surface area contributed by atoms with Crippen LogP contribution in [0, 0.1) is 0 Å². The van der Waals surface area contributed by atoms with Gasteiger partial charge in [0.1, 0.15) is 0 Å². The Morgan fingerprint density at radius 2 is 1.86 bits per heavy atom. The van der Waals surface area contributed by atoms with Crippen molar-refractivity contribution in [1.82, 2.24) is 9.88 Å². The fourth-order valence-corrected chi connectivity index (χ4v) is 4.11. The molecule has 152 valence electrons. The zero-order valence-corrected chi connectivity index (χ0v) is 17.1. The molecule has 0 aliphatic carbocycles. The molecule has 0 bridgehead atoms. The standard InChI is InChI=1S/C24H28N2O3/c1-27-23-11-5-7-19(24(23)28-2)16-26(17-20-8-6-14-29-20)15-18-12-13-25-22-10-4-3-9-21(18)22/h3-5,7,9-13,20H,6,8,14-17H2,1-2H3. The van der Waals surface area contributed by atoms with Gasteiger partial charge in [-0.15, -0.1) is 0 Å². The number of rotatable bonds is 8. The molecule has 3 aromatic rings. The summed E-state index contributed by atoms with van der Waals surface area (Å²) < 4.78 is 17.1. The van der Waals surface area contributed by atoms with E-state index in [2.05, 4.69) is 40.2 Å². The fraction of sp³-hybridized carbons (Fsp3) is 0.375. The quantitative estimate of drug-likeness (QED) is 0.567. The number of hydrogen-bond acceptors (Lipinski definition) is 5. The number of aromatic nitrogens is 1. The van der Waals surface area contributed by atoms with Gasteiger partial charge in [-0.2, -0.15) is 0 Å². The van der Waals surface area contributed by atoms with Crippen LogP contribution < -0.4 is 9.47 Å². The molecule has 1 atom stereocenters. The van der Waals surface area contributed by atoms with Crippen molar-refractivity contribution in [1.29, 1.82) is 0 Å². The van der Waals surface area contributed by atoms with Gasteiger partial charge in [0.25, 0.3) is 0 Å². The second kappa shape index (κ2) is 9.25. The normalized spacial score (nSPS) is 16.4. The van der Waals surface area contributed by atoms with E-state index >= 15 is 0 Å². The van der Waals surface area contributed by atoms with Gasteiger partial charge in [0.05, 0.1) is 25.8 Å². The minimum atomic E-state index is 0.278. The molecule has 5 nitrogen and oxygen atoms in total. The lowest BCUT2D eigenvalue weighted by Crippen LogP contribution is -2.31. The van der Waals surface area contributed by atoms with Gasteiger partial charge in [0.15, 0.2) is 11.5 Å². The topological polar surface area (TPSA) is 43.8 Å². The van der Waals surface area contributed by atoms with Crippen LogP contribution in [0.4, 0.5) is 0 Å². The summed E-state index contributed by atoms with van der Waals surface area (Å²) in [7, 11) is 3.37. The molecule has 0 N–H and O–H groups in total. The Morgan fingerprint density at radius 3 is 2.66 bits per heavy atom. The lowest BCUT2D eigenvalue weighted by molar-refractivity contribution is 0.0677. The molecule has 0 amide bonds. The van der Waals surface area contributed by atoms with Crippen LogP contribution in [0.2, 0.25) is 0 Å². The van der Waals surface area contributed by atoms with Crippen LogP contribution >= 0.6 is 0 Å². The van der Waals surface area contributed by atoms with Crippen molar-refractivity contribution < 1.29 is 14.2 Å². The first kappa shape index (κ1) is 19.7. The van der Waals surface area contributed by atoms with Crippen molar-refractivity contribution in [2.75, 3.05) is 27.4 Å². The molecule has 4 rings (SSSR count). The van der Waals surface area contributed by atoms with Crippen LogP contribution in [-0.4, -0.2) is 43.4 Å². The Kier molecular flexibility index (Phi) is 6.27. The van der Waals surface area contributed by atoms with Gasteiger partial charge >= 0.3 is 0 Å². The summed E-state index contributed by atoms with van der Waals surface area (Å²) >= 11 is 0. The number of fused-ring (bicyclic) bond motifs is 1. The molecule has 1 aliphatic rings. The van der Waals surface area contributed by atoms with Crippen LogP contribution in [-0.2, 0) is 17.8 Å². The van der Waals surface area contributed by atoms with Gasteiger partial charge in [-0.05, 0) is 36.6 Å². The van der Waals surface area contributed by atoms with E-state index < -0.39 is 0 Å². The van der Waals surface area contributed by atoms with Crippen LogP contribution in [0.25, 0.3) is 10.9 Å². The number of nitrogens with zero attached hydrogens (tertiary/aromatic N) is 2. The molecule has 2 aromatic carbocycles. The first-order valence-corrected chi connectivity index (χ1v) is 10.1. The highest BCUT2D eigenvalue weighted by molar-refractivity contribution is 5.81. The Bertz CT molecular complexity index is 949. The zero-order chi connectivity index (χ0) is 20.1. The maximum absolute atomic E-state index is 5.94. The minimum Gasteiger partial charge on any atom is -0.493 e. The van der Waals surface area contributed by atoms with E-state index in [4.69, 9.17) is 14.2 Å². The van der Waals surface area contributed by atoms with Gasteiger partial charge in [0, 0.05) is 43.4 Å². The van der Waals surface area contributed by atoms with Crippen molar-refractivity contribution in [3.05, 3.63) is 65.9 Å². The van der Waals surface area contributed by atoms with E-state index in [1.165, 1.54) is 10.9 Å². The van der Waals surface area contributed by atoms with Gasteiger partial charge in [-0.1, -0.05) is 30.3 Å². The molecular weight excluding hydrogens is 364 g/mol. The molecule has 1 saturated heterocycles. The summed E-state index contributed by atoms with van der Waals surface area (Å²) in [6, 6.07) is 16.5. The number of pyridine rings is 1. The Hall–Kier alpha value is -2.63. The predicted molar refractivity (Wildman–Crippen MR) is 114 cm³/mol. The summed E-state index contributed by atoms with van der Waals surface area (Å²) in [6.07, 6.45) is 4.43. The van der Waals surface area contributed by atoms with Gasteiger partial charge in [-0.3, -0.25) is 9.88 Å². The molecule has 2 heterocycles. The molecule has 1 fully saturated rings. The Balaban J connectivity index is 1.63. The van der Waals surface area contributed by atoms with Crippen molar-refractivity contribution in [3.63, 3.8) is 0 Å². The fourth-order valence-electron chi connectivity index (χ4n) is 4.11. The highest BCUT2D eigenvalue weighted by Gasteiger charge is 2.22. The monoisotopic (exact) mass is 392 g/mol. The summed E-state index contributed by atoms with van der Waals surface area (Å²) in [5.41, 5.74) is 3.42. The molecule has 1 aliphatic heterocycles. The number of ether oxygens (including phenoxy) is 3. The SMILES string of the molecule is COc1cccc(CN(Cc2ccnc3ccccc23)CC2CCCO2)c1OC. The largest absolute Gasteiger partial charge is 0.493 e. The molecular formula is C24H28N2O3. The van der Waals surface area contributed by atoms with Crippen LogP contribution in [0.3, 0.4) is 0 Å². The second-order valence-electron chi connectivity index (χ2n) is 7.44. The number of para-hydroxylation sites is 2. The third-order valence-electron chi connectivity index (χ3n) is 5.50. The Morgan fingerprint density at radius 1 is 1.00 bits per heavy atom. The molecule has 1 unspecified atom stereocenters. The van der Waals surface area contributed by atoms with Gasteiger partial charge in [0.2, 0.25) is 0 Å². The molecule has 0 radical (unpaired) electrons. The molecule has 0 spiro atoms. The summed E-state index contributed by atoms with van der Waals surface area (Å²) in [6.45, 7) is 3.33. The Labute approximate surface area is 172 Å². The van der Waals surface area contributed by atoms with E-state index in [-0.39, 0.29) is 6.10 Å². The summed E-state index contributed by atoms with van der Waals surface area (Å²) in [4.78, 5) is 6.95. The third-order valence-corrected chi connectivity index (χ3v) is 5.50. The van der Waals surface area contributed by atoms with E-state index in [1.807, 2.05) is 24.4 Å². The lowest BCUT2D eigenvalue weighted by atomic mass is 10.1. The van der Waals surface area contributed by atoms with Crippen LogP contribution in [0.15, 0.2) is 54.7 Å². The summed E-state index contributed by atoms with van der Waals surface area (Å²) in [5.74, 6) is 1.56. The first-order valence-electron chi connectivity index (χ1n) is 10.1. The summed E-state index contributed by atoms with van der Waals surface area (Å²) in [5, 5.41) is 1.20. The van der Waals surface area contributed by atoms with E-state index in [1.54, 1.807) is 14.2 Å². The van der Waals surface area contributed by atoms with E-state index in [9.17, 15) is 0 Å². The van der Waals surface area contributed by atoms with Crippen molar-refractivity contribution in [2.24, 2.45) is 0 Å².